The van der Waals surface area contributed by atoms with Gasteiger partial charge in [0.05, 0.1) is 0 Å². The standard InChI is InChI=1S/C8H8BNO/c1-10-8(11)6-3-2-4-7(9)5-6/h2-5H,1H3,(H,10,11). The Balaban J connectivity index is 2.96. The smallest absolute Gasteiger partial charge is 0.250 e. The fourth-order valence-corrected chi connectivity index (χ4v) is 0.824. The van der Waals surface area contributed by atoms with Crippen molar-refractivity contribution in [2.75, 3.05) is 7.05 Å². The highest BCUT2D eigenvalue weighted by molar-refractivity contribution is 6.32. The van der Waals surface area contributed by atoms with Gasteiger partial charge in [-0.3, -0.25) is 4.79 Å². The van der Waals surface area contributed by atoms with E-state index in [9.17, 15) is 4.79 Å². The molecule has 0 spiro atoms. The van der Waals surface area contributed by atoms with Crippen molar-refractivity contribution in [3.63, 3.8) is 0 Å². The lowest BCUT2D eigenvalue weighted by Gasteiger charge is -1.99. The van der Waals surface area contributed by atoms with Crippen LogP contribution in [0.4, 0.5) is 0 Å². The maximum Gasteiger partial charge on any atom is 0.250 e. The van der Waals surface area contributed by atoms with Crippen LogP contribution in [0.2, 0.25) is 0 Å². The average Bonchev–Trinajstić information content (AvgIpc) is 2.03. The van der Waals surface area contributed by atoms with E-state index >= 15 is 0 Å². The van der Waals surface area contributed by atoms with Gasteiger partial charge < -0.3 is 5.32 Å². The molecule has 0 heterocycles. The number of carbonyl (C=O) groups excluding carboxylic acids is 1. The highest BCUT2D eigenvalue weighted by Gasteiger charge is 1.99. The molecule has 1 amide bonds. The first kappa shape index (κ1) is 7.86. The fourth-order valence-electron chi connectivity index (χ4n) is 0.824. The van der Waals surface area contributed by atoms with Gasteiger partial charge in [0.2, 0.25) is 0 Å². The number of hydrogen-bond acceptors (Lipinski definition) is 1. The van der Waals surface area contributed by atoms with Crippen LogP contribution in [0.25, 0.3) is 0 Å². The molecule has 2 radical (unpaired) electrons. The van der Waals surface area contributed by atoms with Gasteiger partial charge in [-0.2, -0.15) is 0 Å². The van der Waals surface area contributed by atoms with Crippen LogP contribution in [-0.4, -0.2) is 20.8 Å². The van der Waals surface area contributed by atoms with Crippen LogP contribution in [0.15, 0.2) is 24.3 Å². The van der Waals surface area contributed by atoms with Gasteiger partial charge in [-0.15, -0.1) is 0 Å². The second-order valence-electron chi connectivity index (χ2n) is 2.20. The third kappa shape index (κ3) is 1.83. The molecular formula is C8H8BNO. The van der Waals surface area contributed by atoms with E-state index in [1.165, 1.54) is 0 Å². The van der Waals surface area contributed by atoms with Gasteiger partial charge in [0.25, 0.3) is 5.91 Å². The number of rotatable bonds is 1. The molecule has 3 heteroatoms. The molecule has 0 aromatic heterocycles. The SMILES string of the molecule is [B]c1cccc(C(=O)NC)c1. The van der Waals surface area contributed by atoms with Crippen LogP contribution in [-0.2, 0) is 0 Å². The van der Waals surface area contributed by atoms with Gasteiger partial charge in [-0.05, 0) is 6.07 Å². The van der Waals surface area contributed by atoms with E-state index in [1.807, 2.05) is 0 Å². The number of nitrogens with one attached hydrogen (secondary N) is 1. The molecule has 1 N–H and O–H groups in total. The fraction of sp³-hybridized carbons (Fsp3) is 0.125. The second-order valence-corrected chi connectivity index (χ2v) is 2.20. The molecule has 0 aliphatic carbocycles. The summed E-state index contributed by atoms with van der Waals surface area (Å²) >= 11 is 0. The summed E-state index contributed by atoms with van der Waals surface area (Å²) in [7, 11) is 7.06. The van der Waals surface area contributed by atoms with Gasteiger partial charge in [-0.1, -0.05) is 23.7 Å². The van der Waals surface area contributed by atoms with Gasteiger partial charge in [-0.25, -0.2) is 0 Å². The molecule has 0 bridgehead atoms. The van der Waals surface area contributed by atoms with Crippen molar-refractivity contribution in [3.05, 3.63) is 29.8 Å². The maximum atomic E-state index is 11.0. The first-order chi connectivity index (χ1) is 5.24. The summed E-state index contributed by atoms with van der Waals surface area (Å²) in [5, 5.41) is 2.51. The molecular weight excluding hydrogens is 137 g/mol. The van der Waals surface area contributed by atoms with Crippen LogP contribution >= 0.6 is 0 Å². The van der Waals surface area contributed by atoms with Crippen molar-refractivity contribution in [3.8, 4) is 0 Å². The Morgan fingerprint density at radius 1 is 1.55 bits per heavy atom. The molecule has 0 unspecified atom stereocenters. The Labute approximate surface area is 67.0 Å². The zero-order valence-electron chi connectivity index (χ0n) is 6.29. The van der Waals surface area contributed by atoms with Crippen molar-refractivity contribution in [1.29, 1.82) is 0 Å². The molecule has 0 saturated carbocycles. The second kappa shape index (κ2) is 3.24. The first-order valence-electron chi connectivity index (χ1n) is 3.31. The molecule has 54 valence electrons. The van der Waals surface area contributed by atoms with E-state index in [1.54, 1.807) is 31.3 Å². The molecule has 2 nitrogen and oxygen atoms in total. The van der Waals surface area contributed by atoms with Gasteiger partial charge in [0, 0.05) is 12.6 Å². The van der Waals surface area contributed by atoms with E-state index in [2.05, 4.69) is 5.32 Å². The number of amides is 1. The van der Waals surface area contributed by atoms with Crippen LogP contribution in [0.3, 0.4) is 0 Å². The molecule has 1 aromatic rings. The predicted molar refractivity (Wildman–Crippen MR) is 45.2 cm³/mol. The summed E-state index contributed by atoms with van der Waals surface area (Å²) in [6.45, 7) is 0. The molecule has 0 aliphatic heterocycles. The monoisotopic (exact) mass is 145 g/mol. The summed E-state index contributed by atoms with van der Waals surface area (Å²) < 4.78 is 0. The Morgan fingerprint density at radius 3 is 2.82 bits per heavy atom. The van der Waals surface area contributed by atoms with Crippen molar-refractivity contribution < 1.29 is 4.79 Å². The predicted octanol–water partition coefficient (Wildman–Crippen LogP) is -0.160. The summed E-state index contributed by atoms with van der Waals surface area (Å²) in [6.07, 6.45) is 0. The first-order valence-corrected chi connectivity index (χ1v) is 3.31. The minimum Gasteiger partial charge on any atom is -0.355 e. The van der Waals surface area contributed by atoms with Crippen molar-refractivity contribution >= 4 is 19.2 Å². The Hall–Kier alpha value is -1.25. The summed E-state index contributed by atoms with van der Waals surface area (Å²) in [6, 6.07) is 6.85. The van der Waals surface area contributed by atoms with Crippen molar-refractivity contribution in [2.45, 2.75) is 0 Å². The van der Waals surface area contributed by atoms with E-state index in [4.69, 9.17) is 7.85 Å². The molecule has 11 heavy (non-hydrogen) atoms. The normalized spacial score (nSPS) is 9.18. The molecule has 0 atom stereocenters. The molecule has 0 saturated heterocycles. The number of hydrogen-bond donors (Lipinski definition) is 1. The lowest BCUT2D eigenvalue weighted by atomic mass is 9.94. The van der Waals surface area contributed by atoms with E-state index in [0.29, 0.717) is 11.0 Å². The van der Waals surface area contributed by atoms with Crippen molar-refractivity contribution in [2.24, 2.45) is 0 Å². The van der Waals surface area contributed by atoms with Crippen molar-refractivity contribution in [1.82, 2.24) is 5.32 Å². The zero-order valence-corrected chi connectivity index (χ0v) is 6.29. The zero-order chi connectivity index (χ0) is 8.27. The van der Waals surface area contributed by atoms with E-state index in [0.717, 1.165) is 0 Å². The third-order valence-corrected chi connectivity index (χ3v) is 1.38. The highest BCUT2D eigenvalue weighted by atomic mass is 16.1. The summed E-state index contributed by atoms with van der Waals surface area (Å²) in [5.74, 6) is -0.114. The lowest BCUT2D eigenvalue weighted by Crippen LogP contribution is -2.19. The minimum absolute atomic E-state index is 0.114. The average molecular weight is 145 g/mol. The Bertz CT molecular complexity index is 273. The maximum absolute atomic E-state index is 11.0. The van der Waals surface area contributed by atoms with Crippen LogP contribution < -0.4 is 10.8 Å². The quantitative estimate of drug-likeness (QED) is 0.546. The lowest BCUT2D eigenvalue weighted by molar-refractivity contribution is 0.0963. The molecule has 1 aromatic carbocycles. The molecule has 1 rings (SSSR count). The van der Waals surface area contributed by atoms with E-state index in [-0.39, 0.29) is 5.91 Å². The third-order valence-electron chi connectivity index (χ3n) is 1.38. The van der Waals surface area contributed by atoms with Crippen LogP contribution in [0.5, 0.6) is 0 Å². The summed E-state index contributed by atoms with van der Waals surface area (Å²) in [5.41, 5.74) is 1.19. The highest BCUT2D eigenvalue weighted by Crippen LogP contribution is 1.94. The van der Waals surface area contributed by atoms with Gasteiger partial charge in [0.1, 0.15) is 7.85 Å². The number of carbonyl (C=O) groups is 1. The summed E-state index contributed by atoms with van der Waals surface area (Å²) in [4.78, 5) is 11.0. The van der Waals surface area contributed by atoms with Crippen LogP contribution in [0, 0.1) is 0 Å². The Morgan fingerprint density at radius 2 is 2.27 bits per heavy atom. The number of benzene rings is 1. The van der Waals surface area contributed by atoms with Crippen LogP contribution in [0.1, 0.15) is 10.4 Å². The van der Waals surface area contributed by atoms with E-state index < -0.39 is 0 Å². The van der Waals surface area contributed by atoms with Gasteiger partial charge in [0.15, 0.2) is 0 Å². The largest absolute Gasteiger partial charge is 0.355 e. The van der Waals surface area contributed by atoms with Gasteiger partial charge >= 0.3 is 0 Å². The Kier molecular flexibility index (Phi) is 2.31. The molecule has 0 fully saturated rings. The minimum atomic E-state index is -0.114. The molecule has 0 aliphatic rings. The topological polar surface area (TPSA) is 29.1 Å².